The lowest BCUT2D eigenvalue weighted by atomic mass is 10.1. The quantitative estimate of drug-likeness (QED) is 0.818. The Bertz CT molecular complexity index is 536. The summed E-state index contributed by atoms with van der Waals surface area (Å²) in [6, 6.07) is 1.15. The zero-order valence-electron chi connectivity index (χ0n) is 11.1. The molecule has 0 radical (unpaired) electrons. The minimum atomic E-state index is -4.24. The molecule has 0 bridgehead atoms. The van der Waals surface area contributed by atoms with Gasteiger partial charge in [-0.05, 0) is 31.4 Å². The van der Waals surface area contributed by atoms with Gasteiger partial charge in [0.2, 0.25) is 10.0 Å². The molecule has 1 atom stereocenters. The van der Waals surface area contributed by atoms with Crippen molar-refractivity contribution in [1.82, 2.24) is 4.72 Å². The number of nitrogens with one attached hydrogen (secondary N) is 1. The first-order valence-corrected chi connectivity index (χ1v) is 7.38. The standard InChI is InChI=1S/C12H18F2N2O2S/c1-7(2)4-8(3)16-19(17,18)12-10(13)5-9(15)6-11(12)14/h5-8,16H,4,15H2,1-3H3. The van der Waals surface area contributed by atoms with Gasteiger partial charge in [-0.25, -0.2) is 21.9 Å². The van der Waals surface area contributed by atoms with Gasteiger partial charge in [-0.1, -0.05) is 13.8 Å². The molecule has 7 heteroatoms. The normalized spacial score (nSPS) is 13.8. The van der Waals surface area contributed by atoms with Gasteiger partial charge in [0.05, 0.1) is 0 Å². The van der Waals surface area contributed by atoms with Gasteiger partial charge >= 0.3 is 0 Å². The first kappa shape index (κ1) is 15.8. The molecule has 0 amide bonds. The van der Waals surface area contributed by atoms with Gasteiger partial charge < -0.3 is 5.73 Å². The Morgan fingerprint density at radius 1 is 1.21 bits per heavy atom. The summed E-state index contributed by atoms with van der Waals surface area (Å²) in [6.07, 6.45) is 0.567. The Kier molecular flexibility index (Phi) is 4.86. The smallest absolute Gasteiger partial charge is 0.246 e. The monoisotopic (exact) mass is 292 g/mol. The second kappa shape index (κ2) is 5.83. The highest BCUT2D eigenvalue weighted by molar-refractivity contribution is 7.89. The summed E-state index contributed by atoms with van der Waals surface area (Å²) in [6.45, 7) is 5.50. The molecule has 0 aromatic heterocycles. The second-order valence-electron chi connectivity index (χ2n) is 4.97. The molecule has 0 aliphatic carbocycles. The zero-order valence-corrected chi connectivity index (χ0v) is 11.9. The van der Waals surface area contributed by atoms with Crippen LogP contribution in [0.25, 0.3) is 0 Å². The van der Waals surface area contributed by atoms with Crippen LogP contribution in [0, 0.1) is 17.6 Å². The molecular weight excluding hydrogens is 274 g/mol. The molecule has 1 rings (SSSR count). The lowest BCUT2D eigenvalue weighted by Crippen LogP contribution is -2.34. The van der Waals surface area contributed by atoms with E-state index in [0.29, 0.717) is 6.42 Å². The van der Waals surface area contributed by atoms with Gasteiger partial charge in [0, 0.05) is 11.7 Å². The zero-order chi connectivity index (χ0) is 14.8. The van der Waals surface area contributed by atoms with E-state index in [1.54, 1.807) is 6.92 Å². The van der Waals surface area contributed by atoms with Crippen molar-refractivity contribution in [3.05, 3.63) is 23.8 Å². The molecule has 1 aromatic rings. The van der Waals surface area contributed by atoms with Crippen molar-refractivity contribution in [2.24, 2.45) is 5.92 Å². The number of nitrogens with two attached hydrogens (primary N) is 1. The van der Waals surface area contributed by atoms with Crippen LogP contribution in [-0.4, -0.2) is 14.5 Å². The SMILES string of the molecule is CC(C)CC(C)NS(=O)(=O)c1c(F)cc(N)cc1F. The third-order valence-corrected chi connectivity index (χ3v) is 4.11. The van der Waals surface area contributed by atoms with E-state index in [4.69, 9.17) is 5.73 Å². The van der Waals surface area contributed by atoms with Crippen LogP contribution in [0.2, 0.25) is 0 Å². The number of hydrogen-bond acceptors (Lipinski definition) is 3. The van der Waals surface area contributed by atoms with Crippen LogP contribution >= 0.6 is 0 Å². The van der Waals surface area contributed by atoms with Crippen LogP contribution in [0.4, 0.5) is 14.5 Å². The van der Waals surface area contributed by atoms with Gasteiger partial charge in [0.1, 0.15) is 11.6 Å². The number of anilines is 1. The fraction of sp³-hybridized carbons (Fsp3) is 0.500. The minimum Gasteiger partial charge on any atom is -0.399 e. The largest absolute Gasteiger partial charge is 0.399 e. The average molecular weight is 292 g/mol. The fourth-order valence-corrected chi connectivity index (χ4v) is 3.29. The predicted octanol–water partition coefficient (Wildman–Crippen LogP) is 2.26. The van der Waals surface area contributed by atoms with Crippen LogP contribution in [0.5, 0.6) is 0 Å². The van der Waals surface area contributed by atoms with E-state index in [2.05, 4.69) is 4.72 Å². The number of hydrogen-bond donors (Lipinski definition) is 2. The van der Waals surface area contributed by atoms with E-state index in [9.17, 15) is 17.2 Å². The summed E-state index contributed by atoms with van der Waals surface area (Å²) >= 11 is 0. The Morgan fingerprint density at radius 2 is 1.68 bits per heavy atom. The highest BCUT2D eigenvalue weighted by Crippen LogP contribution is 2.22. The van der Waals surface area contributed by atoms with Crippen LogP contribution in [0.1, 0.15) is 27.2 Å². The summed E-state index contributed by atoms with van der Waals surface area (Å²) in [5.41, 5.74) is 5.08. The van der Waals surface area contributed by atoms with Crippen molar-refractivity contribution in [2.75, 3.05) is 5.73 Å². The number of rotatable bonds is 5. The number of benzene rings is 1. The Labute approximate surface area is 112 Å². The molecule has 0 fully saturated rings. The van der Waals surface area contributed by atoms with Gasteiger partial charge in [0.25, 0.3) is 0 Å². The summed E-state index contributed by atoms with van der Waals surface area (Å²) in [7, 11) is -4.24. The highest BCUT2D eigenvalue weighted by Gasteiger charge is 2.26. The lowest BCUT2D eigenvalue weighted by molar-refractivity contribution is 0.473. The van der Waals surface area contributed by atoms with Crippen molar-refractivity contribution in [3.8, 4) is 0 Å². The summed E-state index contributed by atoms with van der Waals surface area (Å²) < 4.78 is 53.3. The lowest BCUT2D eigenvalue weighted by Gasteiger charge is -2.16. The third kappa shape index (κ3) is 4.14. The highest BCUT2D eigenvalue weighted by atomic mass is 32.2. The molecule has 1 aromatic carbocycles. The third-order valence-electron chi connectivity index (χ3n) is 2.47. The Morgan fingerprint density at radius 3 is 2.11 bits per heavy atom. The Balaban J connectivity index is 3.08. The molecule has 3 N–H and O–H groups in total. The van der Waals surface area contributed by atoms with E-state index in [0.717, 1.165) is 12.1 Å². The first-order valence-electron chi connectivity index (χ1n) is 5.90. The van der Waals surface area contributed by atoms with Crippen molar-refractivity contribution >= 4 is 15.7 Å². The van der Waals surface area contributed by atoms with E-state index in [1.807, 2.05) is 13.8 Å². The fourth-order valence-electron chi connectivity index (χ4n) is 1.92. The van der Waals surface area contributed by atoms with E-state index < -0.39 is 32.6 Å². The summed E-state index contributed by atoms with van der Waals surface area (Å²) in [4.78, 5) is -0.989. The first-order chi connectivity index (χ1) is 8.63. The molecule has 0 saturated heterocycles. The predicted molar refractivity (Wildman–Crippen MR) is 70.0 cm³/mol. The summed E-state index contributed by atoms with van der Waals surface area (Å²) in [5.74, 6) is -2.12. The van der Waals surface area contributed by atoms with Crippen LogP contribution < -0.4 is 10.5 Å². The maximum atomic E-state index is 13.6. The van der Waals surface area contributed by atoms with Gasteiger partial charge in [-0.3, -0.25) is 0 Å². The van der Waals surface area contributed by atoms with Crippen molar-refractivity contribution in [1.29, 1.82) is 0 Å². The summed E-state index contributed by atoms with van der Waals surface area (Å²) in [5, 5.41) is 0. The van der Waals surface area contributed by atoms with Crippen molar-refractivity contribution < 1.29 is 17.2 Å². The maximum absolute atomic E-state index is 13.6. The van der Waals surface area contributed by atoms with Gasteiger partial charge in [0.15, 0.2) is 4.90 Å². The Hall–Kier alpha value is -1.21. The number of halogens is 2. The molecule has 0 heterocycles. The van der Waals surface area contributed by atoms with Crippen LogP contribution in [0.15, 0.2) is 17.0 Å². The van der Waals surface area contributed by atoms with E-state index in [-0.39, 0.29) is 11.6 Å². The molecule has 1 unspecified atom stereocenters. The number of nitrogen functional groups attached to an aromatic ring is 1. The van der Waals surface area contributed by atoms with Crippen molar-refractivity contribution in [3.63, 3.8) is 0 Å². The maximum Gasteiger partial charge on any atom is 0.246 e. The molecular formula is C12H18F2N2O2S. The topological polar surface area (TPSA) is 72.2 Å². The molecule has 4 nitrogen and oxygen atoms in total. The molecule has 108 valence electrons. The van der Waals surface area contributed by atoms with Gasteiger partial charge in [-0.2, -0.15) is 0 Å². The van der Waals surface area contributed by atoms with E-state index in [1.165, 1.54) is 0 Å². The molecule has 0 spiro atoms. The van der Waals surface area contributed by atoms with Crippen LogP contribution in [0.3, 0.4) is 0 Å². The minimum absolute atomic E-state index is 0.163. The van der Waals surface area contributed by atoms with Gasteiger partial charge in [-0.15, -0.1) is 0 Å². The molecule has 0 aliphatic rings. The second-order valence-corrected chi connectivity index (χ2v) is 6.62. The molecule has 0 aliphatic heterocycles. The number of sulfonamides is 1. The van der Waals surface area contributed by atoms with Crippen molar-refractivity contribution in [2.45, 2.75) is 38.1 Å². The molecule has 19 heavy (non-hydrogen) atoms. The van der Waals surface area contributed by atoms with E-state index >= 15 is 0 Å². The van der Waals surface area contributed by atoms with Crippen LogP contribution in [-0.2, 0) is 10.0 Å². The molecule has 0 saturated carbocycles. The average Bonchev–Trinajstić information content (AvgIpc) is 2.10.